The highest BCUT2D eigenvalue weighted by molar-refractivity contribution is 5.94. The number of rotatable bonds is 4. The first-order valence-electron chi connectivity index (χ1n) is 8.55. The molecule has 0 aliphatic carbocycles. The molecule has 0 aromatic heterocycles. The fourth-order valence-electron chi connectivity index (χ4n) is 3.06. The van der Waals surface area contributed by atoms with Crippen LogP contribution in [0.15, 0.2) is 54.6 Å². The van der Waals surface area contributed by atoms with Crippen LogP contribution in [0.3, 0.4) is 0 Å². The van der Waals surface area contributed by atoms with Crippen molar-refractivity contribution >= 4 is 17.3 Å². The van der Waals surface area contributed by atoms with E-state index < -0.39 is 0 Å². The lowest BCUT2D eigenvalue weighted by molar-refractivity contribution is -0.120. The quantitative estimate of drug-likeness (QED) is 0.939. The van der Waals surface area contributed by atoms with Crippen molar-refractivity contribution in [3.05, 3.63) is 60.2 Å². The molecule has 4 heteroatoms. The Kier molecular flexibility index (Phi) is 5.16. The van der Waals surface area contributed by atoms with Crippen LogP contribution in [-0.4, -0.2) is 43.0 Å². The Morgan fingerprint density at radius 2 is 1.58 bits per heavy atom. The van der Waals surface area contributed by atoms with Crippen molar-refractivity contribution in [1.82, 2.24) is 4.90 Å². The topological polar surface area (TPSA) is 35.6 Å². The highest BCUT2D eigenvalue weighted by atomic mass is 16.2. The van der Waals surface area contributed by atoms with E-state index in [-0.39, 0.29) is 11.9 Å². The van der Waals surface area contributed by atoms with Gasteiger partial charge in [-0.1, -0.05) is 35.9 Å². The molecule has 0 saturated carbocycles. The van der Waals surface area contributed by atoms with E-state index in [1.165, 1.54) is 11.3 Å². The maximum atomic E-state index is 12.5. The Morgan fingerprint density at radius 1 is 0.958 bits per heavy atom. The predicted molar refractivity (Wildman–Crippen MR) is 99.5 cm³/mol. The van der Waals surface area contributed by atoms with Gasteiger partial charge >= 0.3 is 0 Å². The number of para-hydroxylation sites is 1. The average molecular weight is 323 g/mol. The highest BCUT2D eigenvalue weighted by Gasteiger charge is 2.25. The van der Waals surface area contributed by atoms with Crippen LogP contribution < -0.4 is 10.2 Å². The summed E-state index contributed by atoms with van der Waals surface area (Å²) in [5.41, 5.74) is 3.31. The molecule has 3 rings (SSSR count). The third-order valence-corrected chi connectivity index (χ3v) is 4.68. The molecule has 1 heterocycles. The monoisotopic (exact) mass is 323 g/mol. The Labute approximate surface area is 144 Å². The zero-order chi connectivity index (χ0) is 16.9. The van der Waals surface area contributed by atoms with Gasteiger partial charge in [0, 0.05) is 37.6 Å². The van der Waals surface area contributed by atoms with Gasteiger partial charge in [0.2, 0.25) is 5.91 Å². The first-order valence-corrected chi connectivity index (χ1v) is 8.55. The van der Waals surface area contributed by atoms with E-state index in [1.807, 2.05) is 44.2 Å². The number of carbonyl (C=O) groups excluding carboxylic acids is 1. The van der Waals surface area contributed by atoms with Crippen LogP contribution in [0.1, 0.15) is 12.5 Å². The molecule has 0 spiro atoms. The molecule has 4 nitrogen and oxygen atoms in total. The number of piperazine rings is 1. The van der Waals surface area contributed by atoms with Gasteiger partial charge in [-0.05, 0) is 38.1 Å². The fourth-order valence-corrected chi connectivity index (χ4v) is 3.06. The average Bonchev–Trinajstić information content (AvgIpc) is 2.64. The van der Waals surface area contributed by atoms with Gasteiger partial charge in [-0.15, -0.1) is 0 Å². The molecule has 0 radical (unpaired) electrons. The van der Waals surface area contributed by atoms with E-state index in [0.29, 0.717) is 0 Å². The Hall–Kier alpha value is -2.33. The highest BCUT2D eigenvalue weighted by Crippen LogP contribution is 2.17. The Balaban J connectivity index is 1.53. The first-order chi connectivity index (χ1) is 11.6. The van der Waals surface area contributed by atoms with Crippen LogP contribution in [0.2, 0.25) is 0 Å². The molecule has 1 atom stereocenters. The van der Waals surface area contributed by atoms with Crippen molar-refractivity contribution in [2.75, 3.05) is 36.4 Å². The summed E-state index contributed by atoms with van der Waals surface area (Å²) in [5, 5.41) is 3.01. The minimum atomic E-state index is -0.121. The van der Waals surface area contributed by atoms with Gasteiger partial charge in [0.1, 0.15) is 0 Å². The second-order valence-corrected chi connectivity index (χ2v) is 6.39. The van der Waals surface area contributed by atoms with Crippen LogP contribution in [0.25, 0.3) is 0 Å². The van der Waals surface area contributed by atoms with Crippen LogP contribution in [0.5, 0.6) is 0 Å². The minimum absolute atomic E-state index is 0.0621. The molecule has 24 heavy (non-hydrogen) atoms. The van der Waals surface area contributed by atoms with Crippen molar-refractivity contribution in [3.63, 3.8) is 0 Å². The largest absolute Gasteiger partial charge is 0.369 e. The number of benzene rings is 2. The molecule has 2 aromatic carbocycles. The standard InChI is InChI=1S/C20H25N3O/c1-16-8-10-18(11-9-16)21-20(24)17(2)22-12-14-23(15-13-22)19-6-4-3-5-7-19/h3-11,17H,12-15H2,1-2H3,(H,21,24)/t17-/m1/s1. The summed E-state index contributed by atoms with van der Waals surface area (Å²) in [5.74, 6) is 0.0621. The molecule has 1 aliphatic heterocycles. The third-order valence-electron chi connectivity index (χ3n) is 4.68. The van der Waals surface area contributed by atoms with Crippen LogP contribution in [0.4, 0.5) is 11.4 Å². The lowest BCUT2D eigenvalue weighted by atomic mass is 10.2. The van der Waals surface area contributed by atoms with Crippen LogP contribution in [0, 0.1) is 6.92 Å². The van der Waals surface area contributed by atoms with E-state index in [2.05, 4.69) is 39.4 Å². The molecular weight excluding hydrogens is 298 g/mol. The van der Waals surface area contributed by atoms with Crippen molar-refractivity contribution in [3.8, 4) is 0 Å². The SMILES string of the molecule is Cc1ccc(NC(=O)[C@@H](C)N2CCN(c3ccccc3)CC2)cc1. The molecular formula is C20H25N3O. The molecule has 1 amide bonds. The number of hydrogen-bond donors (Lipinski definition) is 1. The number of anilines is 2. The maximum absolute atomic E-state index is 12.5. The second-order valence-electron chi connectivity index (χ2n) is 6.39. The van der Waals surface area contributed by atoms with Gasteiger partial charge in [-0.3, -0.25) is 9.69 Å². The van der Waals surface area contributed by atoms with Crippen molar-refractivity contribution in [2.24, 2.45) is 0 Å². The Morgan fingerprint density at radius 3 is 2.21 bits per heavy atom. The number of nitrogens with zero attached hydrogens (tertiary/aromatic N) is 2. The number of carbonyl (C=O) groups is 1. The number of amides is 1. The second kappa shape index (κ2) is 7.49. The molecule has 1 saturated heterocycles. The van der Waals surface area contributed by atoms with E-state index in [9.17, 15) is 4.79 Å². The molecule has 1 fully saturated rings. The van der Waals surface area contributed by atoms with Crippen molar-refractivity contribution in [2.45, 2.75) is 19.9 Å². The smallest absolute Gasteiger partial charge is 0.241 e. The lowest BCUT2D eigenvalue weighted by Gasteiger charge is -2.38. The zero-order valence-electron chi connectivity index (χ0n) is 14.4. The minimum Gasteiger partial charge on any atom is -0.369 e. The lowest BCUT2D eigenvalue weighted by Crippen LogP contribution is -2.52. The summed E-state index contributed by atoms with van der Waals surface area (Å²) >= 11 is 0. The molecule has 0 bridgehead atoms. The van der Waals surface area contributed by atoms with E-state index >= 15 is 0 Å². The van der Waals surface area contributed by atoms with E-state index in [0.717, 1.165) is 31.9 Å². The van der Waals surface area contributed by atoms with Crippen molar-refractivity contribution < 1.29 is 4.79 Å². The normalized spacial score (nSPS) is 16.7. The van der Waals surface area contributed by atoms with E-state index in [4.69, 9.17) is 0 Å². The van der Waals surface area contributed by atoms with Gasteiger partial charge in [0.05, 0.1) is 6.04 Å². The van der Waals surface area contributed by atoms with Gasteiger partial charge in [0.15, 0.2) is 0 Å². The summed E-state index contributed by atoms with van der Waals surface area (Å²) in [6.45, 7) is 7.73. The zero-order valence-corrected chi connectivity index (χ0v) is 14.4. The van der Waals surface area contributed by atoms with Gasteiger partial charge in [-0.2, -0.15) is 0 Å². The summed E-state index contributed by atoms with van der Waals surface area (Å²) in [6, 6.07) is 18.3. The third kappa shape index (κ3) is 3.95. The fraction of sp³-hybridized carbons (Fsp3) is 0.350. The summed E-state index contributed by atoms with van der Waals surface area (Å²) in [6.07, 6.45) is 0. The molecule has 1 N–H and O–H groups in total. The number of aryl methyl sites for hydroxylation is 1. The summed E-state index contributed by atoms with van der Waals surface area (Å²) in [7, 11) is 0. The first kappa shape index (κ1) is 16.5. The van der Waals surface area contributed by atoms with Crippen LogP contribution in [-0.2, 0) is 4.79 Å². The summed E-state index contributed by atoms with van der Waals surface area (Å²) in [4.78, 5) is 17.1. The predicted octanol–water partition coefficient (Wildman–Crippen LogP) is 3.14. The number of hydrogen-bond acceptors (Lipinski definition) is 3. The molecule has 0 unspecified atom stereocenters. The maximum Gasteiger partial charge on any atom is 0.241 e. The van der Waals surface area contributed by atoms with E-state index in [1.54, 1.807) is 0 Å². The molecule has 126 valence electrons. The van der Waals surface area contributed by atoms with Gasteiger partial charge in [-0.25, -0.2) is 0 Å². The molecule has 2 aromatic rings. The van der Waals surface area contributed by atoms with Gasteiger partial charge < -0.3 is 10.2 Å². The molecule has 1 aliphatic rings. The number of nitrogens with one attached hydrogen (secondary N) is 1. The van der Waals surface area contributed by atoms with Crippen molar-refractivity contribution in [1.29, 1.82) is 0 Å². The van der Waals surface area contributed by atoms with Gasteiger partial charge in [0.25, 0.3) is 0 Å². The summed E-state index contributed by atoms with van der Waals surface area (Å²) < 4.78 is 0. The Bertz CT molecular complexity index is 661. The van der Waals surface area contributed by atoms with Crippen LogP contribution >= 0.6 is 0 Å².